The van der Waals surface area contributed by atoms with E-state index in [9.17, 15) is 9.59 Å². The van der Waals surface area contributed by atoms with Gasteiger partial charge in [0.25, 0.3) is 0 Å². The third-order valence-corrected chi connectivity index (χ3v) is 7.25. The van der Waals surface area contributed by atoms with E-state index in [1.807, 2.05) is 0 Å². The summed E-state index contributed by atoms with van der Waals surface area (Å²) in [4.78, 5) is 33.2. The standard InChI is InChI=1S/C21H22N2O3S2/c1-12-18(21(25)26-3)13(2)22-19(12)15(24)11-23-8-6-16-14(7-10-28-16)20(23)17-5-4-9-27-17/h4-5,7,9-10,20,22H,6,8,11H2,1-3H3/t20-/m0/s1. The van der Waals surface area contributed by atoms with Gasteiger partial charge in [-0.15, -0.1) is 22.7 Å². The molecule has 146 valence electrons. The number of aromatic amines is 1. The summed E-state index contributed by atoms with van der Waals surface area (Å²) in [6.45, 7) is 4.74. The monoisotopic (exact) mass is 414 g/mol. The summed E-state index contributed by atoms with van der Waals surface area (Å²) in [6, 6.07) is 6.48. The molecule has 0 saturated carbocycles. The summed E-state index contributed by atoms with van der Waals surface area (Å²) in [7, 11) is 1.35. The van der Waals surface area contributed by atoms with Crippen molar-refractivity contribution in [3.05, 3.63) is 66.8 Å². The number of carbonyl (C=O) groups excluding carboxylic acids is 2. The Morgan fingerprint density at radius 3 is 2.79 bits per heavy atom. The highest BCUT2D eigenvalue weighted by atomic mass is 32.1. The molecule has 1 aliphatic rings. The molecule has 0 aromatic carbocycles. The first-order valence-electron chi connectivity index (χ1n) is 9.15. The van der Waals surface area contributed by atoms with E-state index in [0.29, 0.717) is 29.1 Å². The Bertz CT molecular complexity index is 1020. The third-order valence-electron chi connectivity index (χ3n) is 5.33. The number of methoxy groups -OCH3 is 1. The molecule has 0 amide bonds. The van der Waals surface area contributed by atoms with Crippen molar-refractivity contribution in [1.82, 2.24) is 9.88 Å². The summed E-state index contributed by atoms with van der Waals surface area (Å²) < 4.78 is 4.86. The van der Waals surface area contributed by atoms with Crippen molar-refractivity contribution < 1.29 is 14.3 Å². The highest BCUT2D eigenvalue weighted by Gasteiger charge is 2.32. The van der Waals surface area contributed by atoms with Crippen LogP contribution < -0.4 is 0 Å². The van der Waals surface area contributed by atoms with E-state index in [-0.39, 0.29) is 11.8 Å². The van der Waals surface area contributed by atoms with Crippen LogP contribution >= 0.6 is 22.7 Å². The Kier molecular flexibility index (Phi) is 5.23. The average Bonchev–Trinajstić information content (AvgIpc) is 3.41. The number of hydrogen-bond acceptors (Lipinski definition) is 6. The minimum absolute atomic E-state index is 0.00371. The van der Waals surface area contributed by atoms with Crippen LogP contribution in [0.2, 0.25) is 0 Å². The van der Waals surface area contributed by atoms with Crippen LogP contribution in [0.4, 0.5) is 0 Å². The number of hydrogen-bond donors (Lipinski definition) is 1. The number of rotatable bonds is 5. The van der Waals surface area contributed by atoms with Crippen LogP contribution in [0, 0.1) is 13.8 Å². The Labute approximate surface area is 172 Å². The summed E-state index contributed by atoms with van der Waals surface area (Å²) >= 11 is 3.51. The van der Waals surface area contributed by atoms with Crippen LogP contribution in [-0.4, -0.2) is 41.8 Å². The van der Waals surface area contributed by atoms with Crippen LogP contribution in [-0.2, 0) is 11.2 Å². The van der Waals surface area contributed by atoms with Crippen molar-refractivity contribution in [2.45, 2.75) is 26.3 Å². The number of nitrogens with zero attached hydrogens (tertiary/aromatic N) is 1. The summed E-state index contributed by atoms with van der Waals surface area (Å²) in [5.74, 6) is -0.418. The molecule has 1 aliphatic heterocycles. The lowest BCUT2D eigenvalue weighted by atomic mass is 9.97. The molecule has 0 unspecified atom stereocenters. The molecule has 7 heteroatoms. The van der Waals surface area contributed by atoms with Crippen LogP contribution in [0.25, 0.3) is 0 Å². The number of nitrogens with one attached hydrogen (secondary N) is 1. The second-order valence-corrected chi connectivity index (χ2v) is 8.96. The van der Waals surface area contributed by atoms with E-state index in [0.717, 1.165) is 13.0 Å². The quantitative estimate of drug-likeness (QED) is 0.497. The molecule has 4 rings (SSSR count). The molecule has 0 radical (unpaired) electrons. The number of esters is 1. The summed E-state index contributed by atoms with van der Waals surface area (Å²) in [5, 5.41) is 4.22. The number of aryl methyl sites for hydroxylation is 1. The SMILES string of the molecule is COC(=O)c1c(C)[nH]c(C(=O)CN2CCc3sccc3[C@H]2c2cccs2)c1C. The van der Waals surface area contributed by atoms with Gasteiger partial charge < -0.3 is 9.72 Å². The second-order valence-electron chi connectivity index (χ2n) is 6.98. The number of aromatic nitrogens is 1. The van der Waals surface area contributed by atoms with Crippen molar-refractivity contribution in [3.63, 3.8) is 0 Å². The van der Waals surface area contributed by atoms with Gasteiger partial charge in [0, 0.05) is 22.0 Å². The van der Waals surface area contributed by atoms with E-state index in [1.54, 1.807) is 36.5 Å². The van der Waals surface area contributed by atoms with E-state index in [2.05, 4.69) is 38.8 Å². The van der Waals surface area contributed by atoms with Gasteiger partial charge in [-0.25, -0.2) is 4.79 Å². The zero-order chi connectivity index (χ0) is 19.8. The fourth-order valence-electron chi connectivity index (χ4n) is 4.02. The van der Waals surface area contributed by atoms with E-state index in [4.69, 9.17) is 4.74 Å². The topological polar surface area (TPSA) is 62.4 Å². The number of carbonyl (C=O) groups is 2. The molecule has 3 aromatic rings. The highest BCUT2D eigenvalue weighted by molar-refractivity contribution is 7.10. The van der Waals surface area contributed by atoms with Crippen molar-refractivity contribution in [2.24, 2.45) is 0 Å². The van der Waals surface area contributed by atoms with E-state index < -0.39 is 5.97 Å². The predicted molar refractivity (Wildman–Crippen MR) is 112 cm³/mol. The number of thiophene rings is 2. The van der Waals surface area contributed by atoms with Gasteiger partial charge in [0.15, 0.2) is 5.78 Å². The number of Topliss-reactive ketones (excluding diaryl/α,β-unsaturated/α-hetero) is 1. The van der Waals surface area contributed by atoms with Gasteiger partial charge in [0.1, 0.15) is 0 Å². The fourth-order valence-corrected chi connectivity index (χ4v) is 5.80. The van der Waals surface area contributed by atoms with E-state index in [1.165, 1.54) is 22.4 Å². The Morgan fingerprint density at radius 1 is 1.25 bits per heavy atom. The molecular formula is C21H22N2O3S2. The van der Waals surface area contributed by atoms with Crippen LogP contribution in [0.3, 0.4) is 0 Å². The third kappa shape index (κ3) is 3.23. The Balaban J connectivity index is 1.64. The smallest absolute Gasteiger partial charge is 0.339 e. The maximum Gasteiger partial charge on any atom is 0.339 e. The van der Waals surface area contributed by atoms with E-state index >= 15 is 0 Å². The minimum atomic E-state index is -0.414. The second kappa shape index (κ2) is 7.66. The number of ketones is 1. The molecule has 0 spiro atoms. The molecular weight excluding hydrogens is 392 g/mol. The first-order chi connectivity index (χ1) is 13.5. The van der Waals surface area contributed by atoms with Crippen molar-refractivity contribution in [3.8, 4) is 0 Å². The fraction of sp³-hybridized carbons (Fsp3) is 0.333. The first-order valence-corrected chi connectivity index (χ1v) is 10.9. The highest BCUT2D eigenvalue weighted by Crippen LogP contribution is 2.39. The Hall–Kier alpha value is -2.22. The number of fused-ring (bicyclic) bond motifs is 1. The number of H-pyrrole nitrogens is 1. The lowest BCUT2D eigenvalue weighted by molar-refractivity contribution is 0.0599. The molecule has 1 atom stereocenters. The maximum atomic E-state index is 13.2. The zero-order valence-electron chi connectivity index (χ0n) is 16.1. The molecule has 3 aromatic heterocycles. The van der Waals surface area contributed by atoms with Crippen LogP contribution in [0.5, 0.6) is 0 Å². The first kappa shape index (κ1) is 19.1. The van der Waals surface area contributed by atoms with Crippen LogP contribution in [0.1, 0.15) is 53.5 Å². The molecule has 28 heavy (non-hydrogen) atoms. The molecule has 0 fully saturated rings. The largest absolute Gasteiger partial charge is 0.465 e. The molecule has 0 aliphatic carbocycles. The summed E-state index contributed by atoms with van der Waals surface area (Å²) in [6.07, 6.45) is 0.957. The molecule has 0 bridgehead atoms. The van der Waals surface area contributed by atoms with Gasteiger partial charge in [0.05, 0.1) is 31.0 Å². The lowest BCUT2D eigenvalue weighted by Crippen LogP contribution is -2.38. The van der Waals surface area contributed by atoms with Gasteiger partial charge in [0.2, 0.25) is 0 Å². The molecule has 5 nitrogen and oxygen atoms in total. The van der Waals surface area contributed by atoms with Gasteiger partial charge >= 0.3 is 5.97 Å². The van der Waals surface area contributed by atoms with Gasteiger partial charge in [-0.1, -0.05) is 6.07 Å². The maximum absolute atomic E-state index is 13.2. The Morgan fingerprint density at radius 2 is 2.07 bits per heavy atom. The van der Waals surface area contributed by atoms with Gasteiger partial charge in [-0.2, -0.15) is 0 Å². The van der Waals surface area contributed by atoms with Crippen molar-refractivity contribution in [1.29, 1.82) is 0 Å². The zero-order valence-corrected chi connectivity index (χ0v) is 17.7. The van der Waals surface area contributed by atoms with Gasteiger partial charge in [-0.3, -0.25) is 9.69 Å². The molecule has 4 heterocycles. The normalized spacial score (nSPS) is 16.8. The molecule has 1 N–H and O–H groups in total. The minimum Gasteiger partial charge on any atom is -0.465 e. The van der Waals surface area contributed by atoms with Crippen molar-refractivity contribution >= 4 is 34.4 Å². The van der Waals surface area contributed by atoms with Crippen molar-refractivity contribution in [2.75, 3.05) is 20.2 Å². The predicted octanol–water partition coefficient (Wildman–Crippen LogP) is 4.37. The lowest BCUT2D eigenvalue weighted by Gasteiger charge is -2.34. The average molecular weight is 415 g/mol. The van der Waals surface area contributed by atoms with Crippen LogP contribution in [0.15, 0.2) is 29.0 Å². The van der Waals surface area contributed by atoms with Gasteiger partial charge in [-0.05, 0) is 54.3 Å². The molecule has 0 saturated heterocycles. The summed E-state index contributed by atoms with van der Waals surface area (Å²) in [5.41, 5.74) is 3.59. The number of ether oxygens (including phenoxy) is 1.